The van der Waals surface area contributed by atoms with Crippen molar-refractivity contribution in [2.24, 2.45) is 5.92 Å². The summed E-state index contributed by atoms with van der Waals surface area (Å²) in [5.41, 5.74) is 0.864. The first-order valence-electron chi connectivity index (χ1n) is 11.4. The minimum atomic E-state index is 0.0528. The summed E-state index contributed by atoms with van der Waals surface area (Å²) in [5, 5.41) is 7.17. The molecular formula is C23H32N4O5. The number of rotatable bonds is 10. The molecule has 4 rings (SSSR count). The number of hydrogen-bond acceptors (Lipinski definition) is 8. The first-order valence-corrected chi connectivity index (χ1v) is 11.4. The minimum absolute atomic E-state index is 0.0528. The summed E-state index contributed by atoms with van der Waals surface area (Å²) in [7, 11) is 1.63. The van der Waals surface area contributed by atoms with Crippen molar-refractivity contribution in [2.75, 3.05) is 53.2 Å². The molecule has 0 spiro atoms. The summed E-state index contributed by atoms with van der Waals surface area (Å²) >= 11 is 0. The molecule has 32 heavy (non-hydrogen) atoms. The van der Waals surface area contributed by atoms with Crippen LogP contribution in [0.25, 0.3) is 11.4 Å². The molecule has 2 unspecified atom stereocenters. The molecule has 0 radical (unpaired) electrons. The zero-order valence-corrected chi connectivity index (χ0v) is 18.6. The number of amides is 1. The zero-order chi connectivity index (χ0) is 22.2. The Balaban J connectivity index is 1.21. The summed E-state index contributed by atoms with van der Waals surface area (Å²) in [5.74, 6) is 2.37. The van der Waals surface area contributed by atoms with Crippen LogP contribution in [0.5, 0.6) is 5.75 Å². The van der Waals surface area contributed by atoms with Crippen LogP contribution >= 0.6 is 0 Å². The van der Waals surface area contributed by atoms with Crippen LogP contribution in [0.15, 0.2) is 28.8 Å². The number of benzene rings is 1. The van der Waals surface area contributed by atoms with Crippen molar-refractivity contribution in [3.05, 3.63) is 30.2 Å². The molecule has 2 aliphatic rings. The predicted molar refractivity (Wildman–Crippen MR) is 117 cm³/mol. The van der Waals surface area contributed by atoms with Crippen molar-refractivity contribution in [2.45, 2.75) is 31.7 Å². The number of aryl methyl sites for hydroxylation is 1. The van der Waals surface area contributed by atoms with E-state index in [9.17, 15) is 4.79 Å². The van der Waals surface area contributed by atoms with Crippen LogP contribution in [-0.2, 0) is 20.7 Å². The second-order valence-electron chi connectivity index (χ2n) is 8.24. The molecule has 1 amide bonds. The van der Waals surface area contributed by atoms with E-state index in [4.69, 9.17) is 18.7 Å². The monoisotopic (exact) mass is 444 g/mol. The van der Waals surface area contributed by atoms with Crippen LogP contribution < -0.4 is 10.1 Å². The van der Waals surface area contributed by atoms with Crippen molar-refractivity contribution in [1.29, 1.82) is 0 Å². The SMILES string of the molecule is COc1ccc(-c2noc(CCCC(=O)NCC(C3CCOC3)N3CCOCC3)n2)cc1. The molecule has 2 saturated heterocycles. The number of aromatic nitrogens is 2. The topological polar surface area (TPSA) is 99.0 Å². The van der Waals surface area contributed by atoms with Crippen LogP contribution in [0.3, 0.4) is 0 Å². The van der Waals surface area contributed by atoms with Crippen molar-refractivity contribution < 1.29 is 23.5 Å². The number of methoxy groups -OCH3 is 1. The van der Waals surface area contributed by atoms with Gasteiger partial charge in [-0.3, -0.25) is 9.69 Å². The van der Waals surface area contributed by atoms with Crippen LogP contribution in [0.2, 0.25) is 0 Å². The van der Waals surface area contributed by atoms with Crippen molar-refractivity contribution in [1.82, 2.24) is 20.4 Å². The molecule has 2 aromatic rings. The molecule has 2 atom stereocenters. The Morgan fingerprint density at radius 1 is 1.22 bits per heavy atom. The molecule has 9 heteroatoms. The van der Waals surface area contributed by atoms with E-state index in [1.807, 2.05) is 24.3 Å². The molecule has 1 aromatic carbocycles. The van der Waals surface area contributed by atoms with E-state index in [-0.39, 0.29) is 5.91 Å². The maximum Gasteiger partial charge on any atom is 0.226 e. The van der Waals surface area contributed by atoms with E-state index in [2.05, 4.69) is 20.4 Å². The standard InChI is InChI=1S/C23H32N4O5/c1-29-19-7-5-17(6-8-19)23-25-22(32-26-23)4-2-3-21(28)24-15-20(18-9-12-31-16-18)27-10-13-30-14-11-27/h5-8,18,20H,2-4,9-16H2,1H3,(H,24,28). The van der Waals surface area contributed by atoms with Gasteiger partial charge in [-0.25, -0.2) is 0 Å². The largest absolute Gasteiger partial charge is 0.497 e. The average molecular weight is 445 g/mol. The lowest BCUT2D eigenvalue weighted by Gasteiger charge is -2.37. The molecule has 1 aromatic heterocycles. The summed E-state index contributed by atoms with van der Waals surface area (Å²) in [6.07, 6.45) is 2.70. The highest BCUT2D eigenvalue weighted by molar-refractivity contribution is 5.75. The molecule has 2 aliphatic heterocycles. The van der Waals surface area contributed by atoms with Gasteiger partial charge < -0.3 is 24.1 Å². The number of carbonyl (C=O) groups excluding carboxylic acids is 1. The molecule has 0 aliphatic carbocycles. The van der Waals surface area contributed by atoms with Gasteiger partial charge in [0.1, 0.15) is 5.75 Å². The Bertz CT molecular complexity index is 844. The summed E-state index contributed by atoms with van der Waals surface area (Å²) in [6, 6.07) is 7.80. The Hall–Kier alpha value is -2.49. The van der Waals surface area contributed by atoms with Crippen LogP contribution in [0.1, 0.15) is 25.2 Å². The van der Waals surface area contributed by atoms with Gasteiger partial charge in [-0.05, 0) is 37.1 Å². The van der Waals surface area contributed by atoms with Crippen molar-refractivity contribution in [3.8, 4) is 17.1 Å². The lowest BCUT2D eigenvalue weighted by Crippen LogP contribution is -2.52. The van der Waals surface area contributed by atoms with Gasteiger partial charge in [-0.15, -0.1) is 0 Å². The highest BCUT2D eigenvalue weighted by Gasteiger charge is 2.31. The van der Waals surface area contributed by atoms with Gasteiger partial charge >= 0.3 is 0 Å². The Kier molecular flexibility index (Phi) is 8.08. The van der Waals surface area contributed by atoms with E-state index < -0.39 is 0 Å². The van der Waals surface area contributed by atoms with Crippen LogP contribution in [-0.4, -0.2) is 80.2 Å². The van der Waals surface area contributed by atoms with Crippen LogP contribution in [0.4, 0.5) is 0 Å². The van der Waals surface area contributed by atoms with Gasteiger partial charge in [0.05, 0.1) is 26.9 Å². The Labute approximate surface area is 188 Å². The normalized spacial score (nSPS) is 20.2. The molecule has 9 nitrogen and oxygen atoms in total. The number of carbonyl (C=O) groups is 1. The van der Waals surface area contributed by atoms with Gasteiger partial charge in [0.25, 0.3) is 0 Å². The first-order chi connectivity index (χ1) is 15.7. The van der Waals surface area contributed by atoms with Crippen molar-refractivity contribution in [3.63, 3.8) is 0 Å². The molecular weight excluding hydrogens is 412 g/mol. The van der Waals surface area contributed by atoms with E-state index in [0.717, 1.165) is 57.3 Å². The van der Waals surface area contributed by atoms with E-state index in [1.165, 1.54) is 0 Å². The fourth-order valence-corrected chi connectivity index (χ4v) is 4.28. The molecule has 174 valence electrons. The van der Waals surface area contributed by atoms with Gasteiger partial charge in [0.15, 0.2) is 0 Å². The maximum atomic E-state index is 12.5. The maximum absolute atomic E-state index is 12.5. The van der Waals surface area contributed by atoms with E-state index in [1.54, 1.807) is 7.11 Å². The summed E-state index contributed by atoms with van der Waals surface area (Å²) in [6.45, 7) is 5.54. The third kappa shape index (κ3) is 6.05. The Morgan fingerprint density at radius 3 is 2.75 bits per heavy atom. The number of ether oxygens (including phenoxy) is 3. The van der Waals surface area contributed by atoms with Gasteiger partial charge in [0, 0.05) is 56.6 Å². The third-order valence-electron chi connectivity index (χ3n) is 6.14. The molecule has 0 saturated carbocycles. The number of nitrogens with one attached hydrogen (secondary N) is 1. The summed E-state index contributed by atoms with van der Waals surface area (Å²) < 4.78 is 21.6. The van der Waals surface area contributed by atoms with Crippen LogP contribution in [0, 0.1) is 5.92 Å². The third-order valence-corrected chi connectivity index (χ3v) is 6.14. The number of hydrogen-bond donors (Lipinski definition) is 1. The number of morpholine rings is 1. The molecule has 1 N–H and O–H groups in total. The fourth-order valence-electron chi connectivity index (χ4n) is 4.28. The molecule has 0 bridgehead atoms. The smallest absolute Gasteiger partial charge is 0.226 e. The minimum Gasteiger partial charge on any atom is -0.497 e. The quantitative estimate of drug-likeness (QED) is 0.594. The summed E-state index contributed by atoms with van der Waals surface area (Å²) in [4.78, 5) is 19.3. The number of nitrogens with zero attached hydrogens (tertiary/aromatic N) is 3. The van der Waals surface area contributed by atoms with Crippen molar-refractivity contribution >= 4 is 5.91 Å². The average Bonchev–Trinajstić information content (AvgIpc) is 3.53. The second-order valence-corrected chi connectivity index (χ2v) is 8.24. The molecule has 3 heterocycles. The van der Waals surface area contributed by atoms with Gasteiger partial charge in [-0.2, -0.15) is 4.98 Å². The van der Waals surface area contributed by atoms with Gasteiger partial charge in [-0.1, -0.05) is 5.16 Å². The lowest BCUT2D eigenvalue weighted by atomic mass is 9.96. The fraction of sp³-hybridized carbons (Fsp3) is 0.609. The molecule has 2 fully saturated rings. The lowest BCUT2D eigenvalue weighted by molar-refractivity contribution is -0.121. The second kappa shape index (κ2) is 11.4. The van der Waals surface area contributed by atoms with E-state index >= 15 is 0 Å². The highest BCUT2D eigenvalue weighted by Crippen LogP contribution is 2.22. The first kappa shape index (κ1) is 22.7. The van der Waals surface area contributed by atoms with Gasteiger partial charge in [0.2, 0.25) is 17.6 Å². The van der Waals surface area contributed by atoms with E-state index in [0.29, 0.717) is 49.5 Å². The predicted octanol–water partition coefficient (Wildman–Crippen LogP) is 1.92. The zero-order valence-electron chi connectivity index (χ0n) is 18.6. The Morgan fingerprint density at radius 2 is 2.03 bits per heavy atom. The highest BCUT2D eigenvalue weighted by atomic mass is 16.5.